The maximum absolute atomic E-state index is 13.1. The number of rotatable bonds is 7. The highest BCUT2D eigenvalue weighted by Gasteiger charge is 2.35. The van der Waals surface area contributed by atoms with E-state index in [4.69, 9.17) is 16.7 Å². The number of hydrogen-bond acceptors (Lipinski definition) is 5. The molecule has 4 rings (SSSR count). The summed E-state index contributed by atoms with van der Waals surface area (Å²) in [5, 5.41) is 12.2. The summed E-state index contributed by atoms with van der Waals surface area (Å²) in [6, 6.07) is 22.7. The van der Waals surface area contributed by atoms with E-state index in [-0.39, 0.29) is 23.8 Å². The first-order valence-electron chi connectivity index (χ1n) is 10.9. The van der Waals surface area contributed by atoms with Gasteiger partial charge in [0.2, 0.25) is 11.8 Å². The Hall–Kier alpha value is -3.62. The van der Waals surface area contributed by atoms with Crippen LogP contribution >= 0.6 is 23.4 Å². The van der Waals surface area contributed by atoms with Crippen molar-refractivity contribution in [1.82, 2.24) is 4.90 Å². The van der Waals surface area contributed by atoms with Crippen molar-refractivity contribution in [3.05, 3.63) is 95.0 Å². The Kier molecular flexibility index (Phi) is 7.84. The van der Waals surface area contributed by atoms with E-state index in [1.54, 1.807) is 29.2 Å². The Morgan fingerprint density at radius 3 is 2.37 bits per heavy atom. The lowest BCUT2D eigenvalue weighted by Gasteiger charge is -2.32. The minimum Gasteiger partial charge on any atom is -0.478 e. The second-order valence-corrected chi connectivity index (χ2v) is 9.44. The summed E-state index contributed by atoms with van der Waals surface area (Å²) in [6.45, 7) is 0.438. The number of halogens is 1. The number of carboxylic acids is 1. The number of nitrogens with one attached hydrogen (secondary N) is 1. The first-order chi connectivity index (χ1) is 16.9. The van der Waals surface area contributed by atoms with Gasteiger partial charge in [-0.2, -0.15) is 0 Å². The minimum absolute atomic E-state index is 0.0259. The number of hydrogen-bond donors (Lipinski definition) is 2. The summed E-state index contributed by atoms with van der Waals surface area (Å²) in [7, 11) is 0. The summed E-state index contributed by atoms with van der Waals surface area (Å²) < 4.78 is 0. The number of carbonyl (C=O) groups excluding carboxylic acids is 2. The molecule has 3 aromatic rings. The molecule has 7 nitrogen and oxygen atoms in total. The Balaban J connectivity index is 1.53. The molecule has 178 valence electrons. The van der Waals surface area contributed by atoms with Gasteiger partial charge in [0.05, 0.1) is 11.3 Å². The number of carbonyl (C=O) groups is 3. The van der Waals surface area contributed by atoms with Crippen LogP contribution in [0.15, 0.2) is 83.9 Å². The average molecular weight is 508 g/mol. The molecule has 1 aliphatic rings. The summed E-state index contributed by atoms with van der Waals surface area (Å²) in [5.74, 6) is -1.58. The van der Waals surface area contributed by atoms with Gasteiger partial charge >= 0.3 is 5.97 Å². The highest BCUT2D eigenvalue weighted by atomic mass is 35.5. The third kappa shape index (κ3) is 6.49. The number of anilines is 1. The number of carboxylic acid groups (broad SMARTS) is 1. The van der Waals surface area contributed by atoms with Crippen molar-refractivity contribution < 1.29 is 19.5 Å². The van der Waals surface area contributed by atoms with Crippen molar-refractivity contribution in [2.45, 2.75) is 18.1 Å². The number of nitrogens with zero attached hydrogens (tertiary/aromatic N) is 2. The Morgan fingerprint density at radius 1 is 1.03 bits per heavy atom. The number of aliphatic imine (C=N–C) groups is 1. The van der Waals surface area contributed by atoms with Gasteiger partial charge in [0.25, 0.3) is 0 Å². The maximum atomic E-state index is 13.1. The van der Waals surface area contributed by atoms with E-state index < -0.39 is 11.2 Å². The normalized spacial score (nSPS) is 16.8. The second kappa shape index (κ2) is 11.2. The van der Waals surface area contributed by atoms with Crippen molar-refractivity contribution >= 4 is 57.7 Å². The predicted octanol–water partition coefficient (Wildman–Crippen LogP) is 5.24. The van der Waals surface area contributed by atoms with Gasteiger partial charge in [-0.3, -0.25) is 14.5 Å². The third-order valence-corrected chi connectivity index (χ3v) is 6.79. The van der Waals surface area contributed by atoms with Crippen LogP contribution in [0.1, 0.15) is 22.3 Å². The maximum Gasteiger partial charge on any atom is 0.335 e. The monoisotopic (exact) mass is 507 g/mol. The van der Waals surface area contributed by atoms with Crippen LogP contribution in [0.3, 0.4) is 0 Å². The zero-order valence-corrected chi connectivity index (χ0v) is 20.1. The van der Waals surface area contributed by atoms with Crippen LogP contribution in [0.4, 0.5) is 11.4 Å². The number of amides is 2. The Bertz CT molecular complexity index is 1250. The number of amidine groups is 1. The van der Waals surface area contributed by atoms with Crippen LogP contribution in [-0.2, 0) is 16.0 Å². The first kappa shape index (κ1) is 24.5. The standard InChI is InChI=1S/C26H22ClN3O4S/c27-19-8-12-21(13-9-19)29-26-30(15-14-17-4-2-1-3-5-17)23(31)16-22(35-26)24(32)28-20-10-6-18(7-11-20)25(33)34/h1-13,22H,14-16H2,(H,28,32)(H,33,34). The van der Waals surface area contributed by atoms with Gasteiger partial charge in [0, 0.05) is 23.7 Å². The van der Waals surface area contributed by atoms with Crippen LogP contribution in [0.5, 0.6) is 0 Å². The van der Waals surface area contributed by atoms with Gasteiger partial charge in [-0.1, -0.05) is 53.7 Å². The molecule has 1 aliphatic heterocycles. The molecule has 0 radical (unpaired) electrons. The van der Waals surface area contributed by atoms with Gasteiger partial charge < -0.3 is 10.4 Å². The lowest BCUT2D eigenvalue weighted by atomic mass is 10.1. The smallest absolute Gasteiger partial charge is 0.335 e. The fraction of sp³-hybridized carbons (Fsp3) is 0.154. The quantitative estimate of drug-likeness (QED) is 0.455. The lowest BCUT2D eigenvalue weighted by Crippen LogP contribution is -2.46. The molecule has 1 atom stereocenters. The predicted molar refractivity (Wildman–Crippen MR) is 138 cm³/mol. The van der Waals surface area contributed by atoms with E-state index in [1.165, 1.54) is 36.0 Å². The SMILES string of the molecule is O=C(O)c1ccc(NC(=O)C2CC(=O)N(CCc3ccccc3)C(=Nc3ccc(Cl)cc3)S2)cc1. The van der Waals surface area contributed by atoms with Gasteiger partial charge in [0.1, 0.15) is 5.25 Å². The summed E-state index contributed by atoms with van der Waals surface area (Å²) >= 11 is 7.22. The fourth-order valence-corrected chi connectivity index (χ4v) is 4.74. The van der Waals surface area contributed by atoms with Crippen molar-refractivity contribution in [3.63, 3.8) is 0 Å². The van der Waals surface area contributed by atoms with Crippen molar-refractivity contribution in [1.29, 1.82) is 0 Å². The summed E-state index contributed by atoms with van der Waals surface area (Å²) in [5.41, 5.74) is 2.30. The molecule has 2 N–H and O–H groups in total. The van der Waals surface area contributed by atoms with E-state index in [1.807, 2.05) is 30.3 Å². The molecule has 2 amide bonds. The van der Waals surface area contributed by atoms with Gasteiger partial charge in [0.15, 0.2) is 5.17 Å². The molecule has 1 heterocycles. The molecule has 1 saturated heterocycles. The van der Waals surface area contributed by atoms with Crippen molar-refractivity contribution in [3.8, 4) is 0 Å². The first-order valence-corrected chi connectivity index (χ1v) is 12.1. The average Bonchev–Trinajstić information content (AvgIpc) is 2.85. The van der Waals surface area contributed by atoms with Gasteiger partial charge in [-0.15, -0.1) is 0 Å². The van der Waals surface area contributed by atoms with E-state index >= 15 is 0 Å². The highest BCUT2D eigenvalue weighted by Crippen LogP contribution is 2.30. The highest BCUT2D eigenvalue weighted by molar-refractivity contribution is 8.15. The number of aromatic carboxylic acids is 1. The molecule has 35 heavy (non-hydrogen) atoms. The number of thioether (sulfide) groups is 1. The van der Waals surface area contributed by atoms with Crippen LogP contribution < -0.4 is 5.32 Å². The molecule has 1 unspecified atom stereocenters. The zero-order valence-electron chi connectivity index (χ0n) is 18.6. The Labute approximate surface area is 211 Å². The summed E-state index contributed by atoms with van der Waals surface area (Å²) in [4.78, 5) is 43.4. The van der Waals surface area contributed by atoms with E-state index in [9.17, 15) is 14.4 Å². The van der Waals surface area contributed by atoms with Crippen molar-refractivity contribution in [2.24, 2.45) is 4.99 Å². The van der Waals surface area contributed by atoms with Crippen LogP contribution in [0.25, 0.3) is 0 Å². The third-order valence-electron chi connectivity index (χ3n) is 5.35. The molecular weight excluding hydrogens is 486 g/mol. The Morgan fingerprint density at radius 2 is 1.71 bits per heavy atom. The van der Waals surface area contributed by atoms with E-state index in [0.717, 1.165) is 5.56 Å². The molecule has 1 fully saturated rings. The van der Waals surface area contributed by atoms with E-state index in [0.29, 0.717) is 34.5 Å². The molecule has 0 aromatic heterocycles. The van der Waals surface area contributed by atoms with Crippen LogP contribution in [-0.4, -0.2) is 44.8 Å². The molecule has 0 saturated carbocycles. The molecular formula is C26H22ClN3O4S. The largest absolute Gasteiger partial charge is 0.478 e. The van der Waals surface area contributed by atoms with Crippen molar-refractivity contribution in [2.75, 3.05) is 11.9 Å². The number of benzene rings is 3. The zero-order chi connectivity index (χ0) is 24.8. The fourth-order valence-electron chi connectivity index (χ4n) is 3.49. The molecule has 0 bridgehead atoms. The minimum atomic E-state index is -1.05. The molecule has 0 aliphatic carbocycles. The topological polar surface area (TPSA) is 99.1 Å². The van der Waals surface area contributed by atoms with Gasteiger partial charge in [-0.05, 0) is 60.5 Å². The second-order valence-electron chi connectivity index (χ2n) is 7.83. The van der Waals surface area contributed by atoms with Crippen LogP contribution in [0, 0.1) is 0 Å². The van der Waals surface area contributed by atoms with Crippen LogP contribution in [0.2, 0.25) is 5.02 Å². The lowest BCUT2D eigenvalue weighted by molar-refractivity contribution is -0.129. The molecule has 3 aromatic carbocycles. The molecule has 0 spiro atoms. The van der Waals surface area contributed by atoms with E-state index in [2.05, 4.69) is 10.3 Å². The summed E-state index contributed by atoms with van der Waals surface area (Å²) in [6.07, 6.45) is 0.678. The molecule has 9 heteroatoms. The van der Waals surface area contributed by atoms with Gasteiger partial charge in [-0.25, -0.2) is 9.79 Å².